The zero-order valence-corrected chi connectivity index (χ0v) is 14.8. The number of alkyl halides is 1. The van der Waals surface area contributed by atoms with E-state index in [0.29, 0.717) is 5.33 Å². The van der Waals surface area contributed by atoms with Gasteiger partial charge in [-0.25, -0.2) is 12.7 Å². The lowest BCUT2D eigenvalue weighted by Crippen LogP contribution is -2.34. The zero-order chi connectivity index (χ0) is 15.8. The number of nitrogens with zero attached hydrogens (tertiary/aromatic N) is 1. The molecule has 0 bridgehead atoms. The highest BCUT2D eigenvalue weighted by Gasteiger charge is 2.46. The van der Waals surface area contributed by atoms with Crippen LogP contribution >= 0.6 is 15.9 Å². The second-order valence-electron chi connectivity index (χ2n) is 5.87. The van der Waals surface area contributed by atoms with E-state index in [2.05, 4.69) is 15.9 Å². The molecule has 0 unspecified atom stereocenters. The minimum atomic E-state index is -3.75. The summed E-state index contributed by atoms with van der Waals surface area (Å²) in [6.45, 7) is 6.07. The SMILES string of the molecule is Cc1ccc(S(=O)(=O)N2C[C@H](CBr)[C@@H](C(C)C)C2=O)cc1. The number of halogens is 1. The molecule has 21 heavy (non-hydrogen) atoms. The van der Waals surface area contributed by atoms with Gasteiger partial charge in [0.2, 0.25) is 5.91 Å². The number of hydrogen-bond acceptors (Lipinski definition) is 3. The van der Waals surface area contributed by atoms with Crippen LogP contribution < -0.4 is 0 Å². The second kappa shape index (κ2) is 6.08. The van der Waals surface area contributed by atoms with Crippen LogP contribution in [0.5, 0.6) is 0 Å². The van der Waals surface area contributed by atoms with Crippen LogP contribution in [0.1, 0.15) is 19.4 Å². The van der Waals surface area contributed by atoms with E-state index in [1.807, 2.05) is 20.8 Å². The molecular formula is C15H20BrNO3S. The summed E-state index contributed by atoms with van der Waals surface area (Å²) in [6, 6.07) is 6.61. The van der Waals surface area contributed by atoms with Gasteiger partial charge in [0.1, 0.15) is 0 Å². The van der Waals surface area contributed by atoms with E-state index in [0.717, 1.165) is 9.87 Å². The summed E-state index contributed by atoms with van der Waals surface area (Å²) in [7, 11) is -3.75. The van der Waals surface area contributed by atoms with E-state index in [4.69, 9.17) is 0 Å². The number of carbonyl (C=O) groups excluding carboxylic acids is 1. The van der Waals surface area contributed by atoms with Crippen LogP contribution in [0.15, 0.2) is 29.2 Å². The molecule has 1 aliphatic heterocycles. The summed E-state index contributed by atoms with van der Waals surface area (Å²) in [5.74, 6) is -0.379. The second-order valence-corrected chi connectivity index (χ2v) is 8.38. The first kappa shape index (κ1) is 16.5. The van der Waals surface area contributed by atoms with Crippen LogP contribution in [0.25, 0.3) is 0 Å². The van der Waals surface area contributed by atoms with Gasteiger partial charge in [-0.1, -0.05) is 47.5 Å². The fourth-order valence-electron chi connectivity index (χ4n) is 2.81. The average molecular weight is 374 g/mol. The smallest absolute Gasteiger partial charge is 0.266 e. The van der Waals surface area contributed by atoms with Gasteiger partial charge in [0.25, 0.3) is 10.0 Å². The lowest BCUT2D eigenvalue weighted by molar-refractivity contribution is -0.128. The first-order chi connectivity index (χ1) is 9.78. The highest BCUT2D eigenvalue weighted by molar-refractivity contribution is 9.09. The van der Waals surface area contributed by atoms with Crippen molar-refractivity contribution >= 4 is 31.9 Å². The lowest BCUT2D eigenvalue weighted by Gasteiger charge is -2.18. The molecule has 2 rings (SSSR count). The molecule has 2 atom stereocenters. The number of hydrogen-bond donors (Lipinski definition) is 0. The molecule has 1 amide bonds. The van der Waals surface area contributed by atoms with Crippen molar-refractivity contribution in [2.24, 2.45) is 17.8 Å². The maximum atomic E-state index is 12.7. The Kier molecular flexibility index (Phi) is 4.78. The van der Waals surface area contributed by atoms with E-state index in [1.54, 1.807) is 24.3 Å². The Morgan fingerprint density at radius 1 is 1.29 bits per heavy atom. The van der Waals surface area contributed by atoms with Crippen molar-refractivity contribution in [1.29, 1.82) is 0 Å². The molecule has 116 valence electrons. The third kappa shape index (κ3) is 3.01. The number of carbonyl (C=O) groups is 1. The van der Waals surface area contributed by atoms with Gasteiger partial charge in [-0.15, -0.1) is 0 Å². The minimum Gasteiger partial charge on any atom is -0.273 e. The summed E-state index contributed by atoms with van der Waals surface area (Å²) in [5, 5.41) is 0.626. The zero-order valence-electron chi connectivity index (χ0n) is 12.4. The fraction of sp³-hybridized carbons (Fsp3) is 0.533. The van der Waals surface area contributed by atoms with Gasteiger partial charge >= 0.3 is 0 Å². The first-order valence-electron chi connectivity index (χ1n) is 6.98. The number of aryl methyl sites for hydroxylation is 1. The molecule has 1 heterocycles. The summed E-state index contributed by atoms with van der Waals surface area (Å²) in [4.78, 5) is 12.7. The molecule has 0 aromatic heterocycles. The van der Waals surface area contributed by atoms with Crippen molar-refractivity contribution in [3.05, 3.63) is 29.8 Å². The van der Waals surface area contributed by atoms with E-state index in [9.17, 15) is 13.2 Å². The summed E-state index contributed by atoms with van der Waals surface area (Å²) in [6.07, 6.45) is 0. The van der Waals surface area contributed by atoms with Gasteiger partial charge in [0, 0.05) is 17.8 Å². The Balaban J connectivity index is 2.37. The molecule has 6 heteroatoms. The normalized spacial score (nSPS) is 23.1. The Morgan fingerprint density at radius 2 is 1.86 bits per heavy atom. The van der Waals surface area contributed by atoms with Crippen LogP contribution in [0.2, 0.25) is 0 Å². The monoisotopic (exact) mass is 373 g/mol. The molecule has 1 aliphatic rings. The van der Waals surface area contributed by atoms with E-state index < -0.39 is 10.0 Å². The van der Waals surface area contributed by atoms with E-state index >= 15 is 0 Å². The Bertz CT molecular complexity index is 625. The van der Waals surface area contributed by atoms with Crippen LogP contribution in [0, 0.1) is 24.7 Å². The fourth-order valence-corrected chi connectivity index (χ4v) is 4.90. The highest BCUT2D eigenvalue weighted by atomic mass is 79.9. The molecule has 0 aliphatic carbocycles. The van der Waals surface area contributed by atoms with Gasteiger partial charge < -0.3 is 0 Å². The molecule has 4 nitrogen and oxygen atoms in total. The molecule has 0 saturated carbocycles. The lowest BCUT2D eigenvalue weighted by atomic mass is 9.87. The van der Waals surface area contributed by atoms with Gasteiger partial charge in [0.15, 0.2) is 0 Å². The summed E-state index contributed by atoms with van der Waals surface area (Å²) < 4.78 is 26.4. The summed E-state index contributed by atoms with van der Waals surface area (Å²) >= 11 is 3.40. The quantitative estimate of drug-likeness (QED) is 0.762. The van der Waals surface area contributed by atoms with E-state index in [1.165, 1.54) is 0 Å². The Morgan fingerprint density at radius 3 is 2.29 bits per heavy atom. The molecule has 0 spiro atoms. The Labute approximate surface area is 134 Å². The van der Waals surface area contributed by atoms with Gasteiger partial charge in [-0.05, 0) is 30.9 Å². The average Bonchev–Trinajstić information content (AvgIpc) is 2.76. The number of sulfonamides is 1. The third-order valence-corrected chi connectivity index (χ3v) is 6.57. The molecule has 1 aromatic rings. The van der Waals surface area contributed by atoms with Crippen molar-refractivity contribution in [3.63, 3.8) is 0 Å². The largest absolute Gasteiger partial charge is 0.273 e. The number of amides is 1. The molecule has 1 aromatic carbocycles. The van der Waals surface area contributed by atoms with Crippen molar-refractivity contribution in [1.82, 2.24) is 4.31 Å². The standard InChI is InChI=1S/C15H20BrNO3S/c1-10(2)14-12(8-16)9-17(15(14)18)21(19,20)13-6-4-11(3)5-7-13/h4-7,10,12,14H,8-9H2,1-3H3/t12-,14+/m0/s1. The minimum absolute atomic E-state index is 0.0257. The van der Waals surface area contributed by atoms with Gasteiger partial charge in [-0.3, -0.25) is 4.79 Å². The first-order valence-corrected chi connectivity index (χ1v) is 9.54. The predicted molar refractivity (Wildman–Crippen MR) is 85.7 cm³/mol. The molecule has 0 radical (unpaired) electrons. The third-order valence-electron chi connectivity index (χ3n) is 3.96. The number of benzene rings is 1. The highest BCUT2D eigenvalue weighted by Crippen LogP contribution is 2.35. The molecule has 1 saturated heterocycles. The van der Waals surface area contributed by atoms with Gasteiger partial charge in [0.05, 0.1) is 4.90 Å². The van der Waals surface area contributed by atoms with Crippen molar-refractivity contribution < 1.29 is 13.2 Å². The molecule has 1 fully saturated rings. The Hall–Kier alpha value is -0.880. The van der Waals surface area contributed by atoms with Crippen LogP contribution in [-0.2, 0) is 14.8 Å². The van der Waals surface area contributed by atoms with E-state index in [-0.39, 0.29) is 35.1 Å². The van der Waals surface area contributed by atoms with Crippen LogP contribution in [-0.4, -0.2) is 30.5 Å². The van der Waals surface area contributed by atoms with Crippen LogP contribution in [0.4, 0.5) is 0 Å². The molecule has 0 N–H and O–H groups in total. The summed E-state index contributed by atoms with van der Waals surface area (Å²) in [5.41, 5.74) is 0.986. The maximum absolute atomic E-state index is 12.7. The van der Waals surface area contributed by atoms with Crippen molar-refractivity contribution in [3.8, 4) is 0 Å². The topological polar surface area (TPSA) is 54.5 Å². The van der Waals surface area contributed by atoms with Crippen molar-refractivity contribution in [2.45, 2.75) is 25.7 Å². The van der Waals surface area contributed by atoms with Crippen molar-refractivity contribution in [2.75, 3.05) is 11.9 Å². The predicted octanol–water partition coefficient (Wildman–Crippen LogP) is 2.81. The van der Waals surface area contributed by atoms with Gasteiger partial charge in [-0.2, -0.15) is 0 Å². The number of rotatable bonds is 4. The maximum Gasteiger partial charge on any atom is 0.266 e. The van der Waals surface area contributed by atoms with Crippen LogP contribution in [0.3, 0.4) is 0 Å². The molecular weight excluding hydrogens is 354 g/mol.